The highest BCUT2D eigenvalue weighted by molar-refractivity contribution is 4.94. The Bertz CT molecular complexity index is 201. The van der Waals surface area contributed by atoms with E-state index in [2.05, 4.69) is 19.2 Å². The van der Waals surface area contributed by atoms with Gasteiger partial charge in [0.25, 0.3) is 0 Å². The van der Waals surface area contributed by atoms with Crippen molar-refractivity contribution in [3.8, 4) is 0 Å². The molecule has 1 rings (SSSR count). The minimum Gasteiger partial charge on any atom is -0.380 e. The van der Waals surface area contributed by atoms with E-state index >= 15 is 0 Å². The normalized spacial score (nSPS) is 32.6. The van der Waals surface area contributed by atoms with E-state index in [0.717, 1.165) is 32.4 Å². The molecule has 0 saturated carbocycles. The van der Waals surface area contributed by atoms with Crippen molar-refractivity contribution < 1.29 is 9.47 Å². The molecule has 0 aromatic carbocycles. The fourth-order valence-corrected chi connectivity index (χ4v) is 2.14. The van der Waals surface area contributed by atoms with Gasteiger partial charge in [0.2, 0.25) is 0 Å². The molecular weight excluding hydrogens is 204 g/mol. The Balaban J connectivity index is 2.48. The highest BCUT2D eigenvalue weighted by atomic mass is 16.5. The molecule has 0 bridgehead atoms. The number of hydrogen-bond acceptors (Lipinski definition) is 4. The number of methoxy groups -OCH3 is 1. The minimum absolute atomic E-state index is 0.0473. The first-order valence-corrected chi connectivity index (χ1v) is 6.25. The maximum atomic E-state index is 5.92. The fraction of sp³-hybridized carbons (Fsp3) is 1.00. The molecule has 1 aliphatic heterocycles. The molecule has 0 aliphatic carbocycles. The molecular formula is C12H26N2O2. The molecule has 1 aliphatic rings. The van der Waals surface area contributed by atoms with Crippen molar-refractivity contribution in [2.45, 2.75) is 50.9 Å². The summed E-state index contributed by atoms with van der Waals surface area (Å²) < 4.78 is 10.9. The van der Waals surface area contributed by atoms with Crippen LogP contribution in [-0.4, -0.2) is 44.6 Å². The molecule has 3 atom stereocenters. The maximum absolute atomic E-state index is 5.92. The van der Waals surface area contributed by atoms with E-state index in [1.165, 1.54) is 0 Å². The van der Waals surface area contributed by atoms with Gasteiger partial charge in [-0.2, -0.15) is 0 Å². The molecule has 0 aromatic rings. The zero-order valence-electron chi connectivity index (χ0n) is 10.8. The Morgan fingerprint density at radius 2 is 2.38 bits per heavy atom. The molecule has 0 spiro atoms. The van der Waals surface area contributed by atoms with E-state index in [1.54, 1.807) is 7.11 Å². The van der Waals surface area contributed by atoms with Crippen LogP contribution in [0, 0.1) is 0 Å². The van der Waals surface area contributed by atoms with Gasteiger partial charge >= 0.3 is 0 Å². The van der Waals surface area contributed by atoms with E-state index in [4.69, 9.17) is 15.2 Å². The molecule has 0 aromatic heterocycles. The molecule has 1 saturated heterocycles. The number of nitrogens with one attached hydrogen (secondary N) is 1. The van der Waals surface area contributed by atoms with Gasteiger partial charge in [0.15, 0.2) is 0 Å². The van der Waals surface area contributed by atoms with Crippen molar-refractivity contribution in [3.05, 3.63) is 0 Å². The van der Waals surface area contributed by atoms with Gasteiger partial charge in [-0.15, -0.1) is 0 Å². The van der Waals surface area contributed by atoms with Crippen molar-refractivity contribution in [1.82, 2.24) is 5.32 Å². The summed E-state index contributed by atoms with van der Waals surface area (Å²) in [4.78, 5) is 0. The summed E-state index contributed by atoms with van der Waals surface area (Å²) in [6.07, 6.45) is 3.64. The summed E-state index contributed by atoms with van der Waals surface area (Å²) in [7, 11) is 1.74. The fourth-order valence-electron chi connectivity index (χ4n) is 2.14. The summed E-state index contributed by atoms with van der Waals surface area (Å²) in [6, 6.07) is 0. The van der Waals surface area contributed by atoms with E-state index in [1.807, 2.05) is 0 Å². The Labute approximate surface area is 98.9 Å². The molecule has 4 nitrogen and oxygen atoms in total. The van der Waals surface area contributed by atoms with E-state index < -0.39 is 0 Å². The molecule has 16 heavy (non-hydrogen) atoms. The van der Waals surface area contributed by atoms with Gasteiger partial charge in [0.05, 0.1) is 12.2 Å². The lowest BCUT2D eigenvalue weighted by molar-refractivity contribution is -0.0312. The highest BCUT2D eigenvalue weighted by Crippen LogP contribution is 2.25. The lowest BCUT2D eigenvalue weighted by Crippen LogP contribution is -2.57. The zero-order valence-corrected chi connectivity index (χ0v) is 10.8. The zero-order chi connectivity index (χ0) is 12.0. The highest BCUT2D eigenvalue weighted by Gasteiger charge is 2.35. The van der Waals surface area contributed by atoms with E-state index in [-0.39, 0.29) is 11.6 Å². The second-order valence-electron chi connectivity index (χ2n) is 4.77. The quantitative estimate of drug-likeness (QED) is 0.712. The standard InChI is InChI=1S/C12H26N2O2/c1-4-11-7-12(9-13,5-6-16-11)14-8-10(2)15-3/h10-11,14H,4-9,13H2,1-3H3. The average molecular weight is 230 g/mol. The van der Waals surface area contributed by atoms with Gasteiger partial charge < -0.3 is 20.5 Å². The maximum Gasteiger partial charge on any atom is 0.0667 e. The van der Waals surface area contributed by atoms with Gasteiger partial charge in [-0.25, -0.2) is 0 Å². The lowest BCUT2D eigenvalue weighted by atomic mass is 9.85. The summed E-state index contributed by atoms with van der Waals surface area (Å²) in [6.45, 7) is 6.56. The Morgan fingerprint density at radius 1 is 1.62 bits per heavy atom. The minimum atomic E-state index is 0.0473. The predicted octanol–water partition coefficient (Wildman–Crippen LogP) is 0.897. The van der Waals surface area contributed by atoms with Crippen LogP contribution in [-0.2, 0) is 9.47 Å². The van der Waals surface area contributed by atoms with Gasteiger partial charge in [-0.05, 0) is 26.2 Å². The van der Waals surface area contributed by atoms with Crippen LogP contribution in [0.2, 0.25) is 0 Å². The van der Waals surface area contributed by atoms with Gasteiger partial charge in [-0.1, -0.05) is 6.92 Å². The Kier molecular flexibility index (Phi) is 5.69. The molecule has 1 fully saturated rings. The van der Waals surface area contributed by atoms with Crippen molar-refractivity contribution in [2.24, 2.45) is 5.73 Å². The molecule has 0 amide bonds. The number of ether oxygens (including phenoxy) is 2. The van der Waals surface area contributed by atoms with Gasteiger partial charge in [0, 0.05) is 32.3 Å². The van der Waals surface area contributed by atoms with Crippen molar-refractivity contribution in [1.29, 1.82) is 0 Å². The largest absolute Gasteiger partial charge is 0.380 e. The summed E-state index contributed by atoms with van der Waals surface area (Å²) in [5.74, 6) is 0. The topological polar surface area (TPSA) is 56.5 Å². The van der Waals surface area contributed by atoms with Gasteiger partial charge in [0.1, 0.15) is 0 Å². The lowest BCUT2D eigenvalue weighted by Gasteiger charge is -2.41. The predicted molar refractivity (Wildman–Crippen MR) is 65.5 cm³/mol. The number of hydrogen-bond donors (Lipinski definition) is 2. The second-order valence-corrected chi connectivity index (χ2v) is 4.77. The Hall–Kier alpha value is -0.160. The summed E-state index contributed by atoms with van der Waals surface area (Å²) >= 11 is 0. The first-order chi connectivity index (χ1) is 7.65. The molecule has 1 heterocycles. The van der Waals surface area contributed by atoms with E-state index in [0.29, 0.717) is 12.6 Å². The summed E-state index contributed by atoms with van der Waals surface area (Å²) in [5, 5.41) is 3.57. The SMILES string of the molecule is CCC1CC(CN)(NCC(C)OC)CCO1. The van der Waals surface area contributed by atoms with E-state index in [9.17, 15) is 0 Å². The molecule has 3 N–H and O–H groups in total. The van der Waals surface area contributed by atoms with Crippen LogP contribution in [0.5, 0.6) is 0 Å². The average Bonchev–Trinajstić information content (AvgIpc) is 2.36. The van der Waals surface area contributed by atoms with Crippen LogP contribution in [0.3, 0.4) is 0 Å². The molecule has 3 unspecified atom stereocenters. The smallest absolute Gasteiger partial charge is 0.0667 e. The van der Waals surface area contributed by atoms with Crippen LogP contribution in [0.15, 0.2) is 0 Å². The first-order valence-electron chi connectivity index (χ1n) is 6.25. The number of rotatable bonds is 6. The number of nitrogens with two attached hydrogens (primary N) is 1. The third-order valence-corrected chi connectivity index (χ3v) is 3.57. The van der Waals surface area contributed by atoms with Crippen molar-refractivity contribution in [2.75, 3.05) is 26.8 Å². The molecule has 96 valence electrons. The third-order valence-electron chi connectivity index (χ3n) is 3.57. The monoisotopic (exact) mass is 230 g/mol. The first kappa shape index (κ1) is 13.9. The van der Waals surface area contributed by atoms with Crippen LogP contribution < -0.4 is 11.1 Å². The van der Waals surface area contributed by atoms with Crippen LogP contribution in [0.1, 0.15) is 33.1 Å². The second kappa shape index (κ2) is 6.55. The van der Waals surface area contributed by atoms with Crippen LogP contribution in [0.4, 0.5) is 0 Å². The third kappa shape index (κ3) is 3.70. The van der Waals surface area contributed by atoms with Gasteiger partial charge in [-0.3, -0.25) is 0 Å². The Morgan fingerprint density at radius 3 is 2.94 bits per heavy atom. The van der Waals surface area contributed by atoms with Crippen LogP contribution >= 0.6 is 0 Å². The van der Waals surface area contributed by atoms with Crippen molar-refractivity contribution in [3.63, 3.8) is 0 Å². The molecule has 0 radical (unpaired) electrons. The van der Waals surface area contributed by atoms with Crippen molar-refractivity contribution >= 4 is 0 Å². The molecule has 4 heteroatoms. The summed E-state index contributed by atoms with van der Waals surface area (Å²) in [5.41, 5.74) is 5.97. The van der Waals surface area contributed by atoms with Crippen LogP contribution in [0.25, 0.3) is 0 Å².